The maximum Gasteiger partial charge on any atom is 0.277 e. The third-order valence-corrected chi connectivity index (χ3v) is 4.32. The van der Waals surface area contributed by atoms with Crippen molar-refractivity contribution in [3.05, 3.63) is 50.9 Å². The van der Waals surface area contributed by atoms with Gasteiger partial charge in [-0.1, -0.05) is 6.07 Å². The van der Waals surface area contributed by atoms with Gasteiger partial charge >= 0.3 is 0 Å². The van der Waals surface area contributed by atoms with E-state index < -0.39 is 11.5 Å². The van der Waals surface area contributed by atoms with Crippen LogP contribution in [-0.2, 0) is 0 Å². The largest absolute Gasteiger partial charge is 0.490 e. The summed E-state index contributed by atoms with van der Waals surface area (Å²) in [4.78, 5) is 24.5. The van der Waals surface area contributed by atoms with Crippen LogP contribution < -0.4 is 20.3 Å². The second kappa shape index (κ2) is 6.96. The molecule has 2 N–H and O–H groups in total. The van der Waals surface area contributed by atoms with Crippen molar-refractivity contribution in [2.45, 2.75) is 33.2 Å². The minimum absolute atomic E-state index is 0.0914. The molecule has 1 amide bonds. The summed E-state index contributed by atoms with van der Waals surface area (Å²) in [5, 5.41) is 9.08. The lowest BCUT2D eigenvalue weighted by atomic mass is 10.1. The Morgan fingerprint density at radius 2 is 1.96 bits per heavy atom. The fourth-order valence-corrected chi connectivity index (χ4v) is 2.70. The van der Waals surface area contributed by atoms with E-state index in [1.165, 1.54) is 0 Å². The molecule has 0 aliphatic carbocycles. The number of amides is 1. The van der Waals surface area contributed by atoms with E-state index in [0.717, 1.165) is 12.0 Å². The fourth-order valence-electron chi connectivity index (χ4n) is 2.70. The summed E-state index contributed by atoms with van der Waals surface area (Å²) < 4.78 is 11.3. The highest BCUT2D eigenvalue weighted by atomic mass is 16.5. The van der Waals surface area contributed by atoms with Gasteiger partial charge in [0.25, 0.3) is 11.5 Å². The molecule has 0 saturated heterocycles. The Balaban J connectivity index is 1.82. The van der Waals surface area contributed by atoms with E-state index in [-0.39, 0.29) is 11.6 Å². The average molecular weight is 343 g/mol. The van der Waals surface area contributed by atoms with E-state index in [2.05, 4.69) is 15.5 Å². The van der Waals surface area contributed by atoms with Gasteiger partial charge in [-0.15, -0.1) is 0 Å². The second-order valence-electron chi connectivity index (χ2n) is 6.09. The molecule has 0 unspecified atom stereocenters. The standard InChI is InChI=1S/C18H21N3O4/c1-10-11(2)20-21-18(23)16(10)17(22)19-12(3)13-5-6-14-15(9-13)25-8-4-7-24-14/h5-6,9,12H,4,7-8H2,1-3H3,(H,19,22)(H,21,23)/t12-/m1/s1. The van der Waals surface area contributed by atoms with E-state index in [1.807, 2.05) is 25.1 Å². The SMILES string of the molecule is Cc1n[nH]c(=O)c(C(=O)N[C@H](C)c2ccc3c(c2)OCCCO3)c1C. The number of H-pyrrole nitrogens is 1. The zero-order valence-corrected chi connectivity index (χ0v) is 14.5. The molecule has 1 aromatic carbocycles. The number of nitrogens with zero attached hydrogens (tertiary/aromatic N) is 1. The van der Waals surface area contributed by atoms with Gasteiger partial charge in [0.1, 0.15) is 5.56 Å². The van der Waals surface area contributed by atoms with Crippen LogP contribution in [0, 0.1) is 13.8 Å². The molecule has 0 radical (unpaired) electrons. The molecule has 0 fully saturated rings. The third-order valence-electron chi connectivity index (χ3n) is 4.32. The Morgan fingerprint density at radius 1 is 1.24 bits per heavy atom. The summed E-state index contributed by atoms with van der Waals surface area (Å²) in [6.07, 6.45) is 0.833. The molecule has 1 atom stereocenters. The van der Waals surface area contributed by atoms with Crippen LogP contribution in [0.1, 0.15) is 46.6 Å². The molecule has 7 nitrogen and oxygen atoms in total. The molecule has 25 heavy (non-hydrogen) atoms. The van der Waals surface area contributed by atoms with E-state index >= 15 is 0 Å². The highest BCUT2D eigenvalue weighted by molar-refractivity contribution is 5.95. The van der Waals surface area contributed by atoms with Crippen molar-refractivity contribution < 1.29 is 14.3 Å². The summed E-state index contributed by atoms with van der Waals surface area (Å²) in [7, 11) is 0. The lowest BCUT2D eigenvalue weighted by molar-refractivity contribution is 0.0937. The first-order chi connectivity index (χ1) is 12.0. The van der Waals surface area contributed by atoms with Gasteiger partial charge in [0, 0.05) is 6.42 Å². The molecule has 1 aromatic heterocycles. The molecule has 7 heteroatoms. The Hall–Kier alpha value is -2.83. The van der Waals surface area contributed by atoms with Gasteiger partial charge in [0.2, 0.25) is 0 Å². The molecule has 0 saturated carbocycles. The van der Waals surface area contributed by atoms with Crippen LogP contribution >= 0.6 is 0 Å². The second-order valence-corrected chi connectivity index (χ2v) is 6.09. The van der Waals surface area contributed by atoms with Gasteiger partial charge in [0.05, 0.1) is 24.9 Å². The molecular weight excluding hydrogens is 322 g/mol. The zero-order valence-electron chi connectivity index (χ0n) is 14.5. The number of nitrogens with one attached hydrogen (secondary N) is 2. The average Bonchev–Trinajstić information content (AvgIpc) is 2.83. The Morgan fingerprint density at radius 3 is 2.72 bits per heavy atom. The number of aromatic nitrogens is 2. The quantitative estimate of drug-likeness (QED) is 0.889. The van der Waals surface area contributed by atoms with Crippen molar-refractivity contribution in [2.24, 2.45) is 0 Å². The maximum absolute atomic E-state index is 12.6. The van der Waals surface area contributed by atoms with Crippen molar-refractivity contribution >= 4 is 5.91 Å². The van der Waals surface area contributed by atoms with Crippen LogP contribution in [0.2, 0.25) is 0 Å². The smallest absolute Gasteiger partial charge is 0.277 e. The van der Waals surface area contributed by atoms with Gasteiger partial charge in [-0.3, -0.25) is 9.59 Å². The number of aryl methyl sites for hydroxylation is 1. The van der Waals surface area contributed by atoms with Crippen molar-refractivity contribution in [1.29, 1.82) is 0 Å². The summed E-state index contributed by atoms with van der Waals surface area (Å²) in [5.74, 6) is 0.950. The van der Waals surface area contributed by atoms with Gasteiger partial charge in [0.15, 0.2) is 11.5 Å². The number of hydrogen-bond acceptors (Lipinski definition) is 5. The van der Waals surface area contributed by atoms with E-state index in [9.17, 15) is 9.59 Å². The Labute approximate surface area is 145 Å². The fraction of sp³-hybridized carbons (Fsp3) is 0.389. The Bertz CT molecular complexity index is 860. The molecule has 2 heterocycles. The first-order valence-electron chi connectivity index (χ1n) is 8.23. The molecule has 0 spiro atoms. The van der Waals surface area contributed by atoms with Crippen molar-refractivity contribution in [1.82, 2.24) is 15.5 Å². The highest BCUT2D eigenvalue weighted by Gasteiger charge is 2.20. The Kier molecular flexibility index (Phi) is 4.74. The van der Waals surface area contributed by atoms with Gasteiger partial charge in [-0.05, 0) is 44.0 Å². The highest BCUT2D eigenvalue weighted by Crippen LogP contribution is 2.32. The van der Waals surface area contributed by atoms with Crippen LogP contribution in [0.3, 0.4) is 0 Å². The molecule has 132 valence electrons. The first-order valence-corrected chi connectivity index (χ1v) is 8.23. The van der Waals surface area contributed by atoms with Crippen LogP contribution in [0.4, 0.5) is 0 Å². The maximum atomic E-state index is 12.6. The zero-order chi connectivity index (χ0) is 18.0. The summed E-state index contributed by atoms with van der Waals surface area (Å²) >= 11 is 0. The number of hydrogen-bond donors (Lipinski definition) is 2. The molecule has 2 aromatic rings. The predicted molar refractivity (Wildman–Crippen MR) is 92.3 cm³/mol. The van der Waals surface area contributed by atoms with Crippen LogP contribution in [0.25, 0.3) is 0 Å². The number of rotatable bonds is 3. The predicted octanol–water partition coefficient (Wildman–Crippen LogP) is 2.04. The summed E-state index contributed by atoms with van der Waals surface area (Å²) in [6.45, 7) is 6.54. The minimum atomic E-state index is -0.494. The van der Waals surface area contributed by atoms with Gasteiger partial charge < -0.3 is 14.8 Å². The van der Waals surface area contributed by atoms with Crippen molar-refractivity contribution in [2.75, 3.05) is 13.2 Å². The van der Waals surface area contributed by atoms with E-state index in [1.54, 1.807) is 13.8 Å². The van der Waals surface area contributed by atoms with E-state index in [4.69, 9.17) is 9.47 Å². The van der Waals surface area contributed by atoms with Crippen LogP contribution in [-0.4, -0.2) is 29.3 Å². The molecule has 1 aliphatic rings. The van der Waals surface area contributed by atoms with Crippen LogP contribution in [0.5, 0.6) is 11.5 Å². The molecular formula is C18H21N3O4. The lowest BCUT2D eigenvalue weighted by Crippen LogP contribution is -2.33. The number of fused-ring (bicyclic) bond motifs is 1. The minimum Gasteiger partial charge on any atom is -0.490 e. The summed E-state index contributed by atoms with van der Waals surface area (Å²) in [5.41, 5.74) is 1.66. The normalized spacial score (nSPS) is 14.5. The lowest BCUT2D eigenvalue weighted by Gasteiger charge is -2.17. The number of benzene rings is 1. The third kappa shape index (κ3) is 3.50. The topological polar surface area (TPSA) is 93.3 Å². The molecule has 3 rings (SSSR count). The van der Waals surface area contributed by atoms with Gasteiger partial charge in [-0.2, -0.15) is 5.10 Å². The van der Waals surface area contributed by atoms with Crippen molar-refractivity contribution in [3.8, 4) is 11.5 Å². The van der Waals surface area contributed by atoms with Crippen LogP contribution in [0.15, 0.2) is 23.0 Å². The number of carbonyl (C=O) groups is 1. The van der Waals surface area contributed by atoms with Gasteiger partial charge in [-0.25, -0.2) is 5.10 Å². The molecule has 1 aliphatic heterocycles. The monoisotopic (exact) mass is 343 g/mol. The number of carbonyl (C=O) groups excluding carboxylic acids is 1. The first kappa shape index (κ1) is 17.0. The molecule has 0 bridgehead atoms. The van der Waals surface area contributed by atoms with E-state index in [0.29, 0.717) is 36.0 Å². The summed E-state index contributed by atoms with van der Waals surface area (Å²) in [6, 6.07) is 5.29. The number of ether oxygens (including phenoxy) is 2. The van der Waals surface area contributed by atoms with Crippen molar-refractivity contribution in [3.63, 3.8) is 0 Å². The number of aromatic amines is 1.